The summed E-state index contributed by atoms with van der Waals surface area (Å²) in [4.78, 5) is 0. The van der Waals surface area contributed by atoms with Crippen LogP contribution in [0, 0.1) is 29.1 Å². The molecule has 2 saturated carbocycles. The molecule has 2 bridgehead atoms. The smallest absolute Gasteiger partial charge is 0.133 e. The summed E-state index contributed by atoms with van der Waals surface area (Å²) in [6, 6.07) is 1.77. The van der Waals surface area contributed by atoms with E-state index in [2.05, 4.69) is 45.5 Å². The van der Waals surface area contributed by atoms with E-state index in [0.29, 0.717) is 11.1 Å². The quantitative estimate of drug-likeness (QED) is 0.394. The van der Waals surface area contributed by atoms with E-state index in [-0.39, 0.29) is 11.1 Å². The highest BCUT2D eigenvalue weighted by atomic mass is 19.1. The van der Waals surface area contributed by atoms with Crippen LogP contribution < -0.4 is 5.32 Å². The van der Waals surface area contributed by atoms with Gasteiger partial charge in [-0.15, -0.1) is 0 Å². The number of hydrogen-bond acceptors (Lipinski definition) is 2. The summed E-state index contributed by atoms with van der Waals surface area (Å²) in [6.07, 6.45) is 11.6. The van der Waals surface area contributed by atoms with Gasteiger partial charge in [0.15, 0.2) is 0 Å². The molecule has 0 saturated heterocycles. The number of nitriles is 1. The third-order valence-corrected chi connectivity index (χ3v) is 5.98. The van der Waals surface area contributed by atoms with Crippen molar-refractivity contribution in [3.63, 3.8) is 0 Å². The highest BCUT2D eigenvalue weighted by Gasteiger charge is 2.43. The Bertz CT molecular complexity index is 742. The van der Waals surface area contributed by atoms with Gasteiger partial charge in [0.05, 0.1) is 5.57 Å². The van der Waals surface area contributed by atoms with Crippen molar-refractivity contribution in [1.82, 2.24) is 5.32 Å². The molecule has 0 aromatic rings. The summed E-state index contributed by atoms with van der Waals surface area (Å²) in [5.74, 6) is 1.63. The van der Waals surface area contributed by atoms with Crippen LogP contribution in [0.5, 0.6) is 0 Å². The van der Waals surface area contributed by atoms with Gasteiger partial charge >= 0.3 is 0 Å². The molecule has 0 aromatic carbocycles. The predicted molar refractivity (Wildman–Crippen MR) is 116 cm³/mol. The summed E-state index contributed by atoms with van der Waals surface area (Å²) >= 11 is 0. The van der Waals surface area contributed by atoms with Crippen LogP contribution in [-0.2, 0) is 0 Å². The minimum atomic E-state index is -0.768. The molecule has 0 aliphatic heterocycles. The zero-order chi connectivity index (χ0) is 20.9. The maximum absolute atomic E-state index is 13.1. The highest BCUT2D eigenvalue weighted by molar-refractivity contribution is 5.50. The van der Waals surface area contributed by atoms with Crippen LogP contribution in [0.4, 0.5) is 4.39 Å². The number of hydrogen-bond donors (Lipinski definition) is 1. The van der Waals surface area contributed by atoms with Crippen LogP contribution in [-0.4, -0.2) is 12.1 Å². The van der Waals surface area contributed by atoms with E-state index in [1.54, 1.807) is 6.07 Å². The van der Waals surface area contributed by atoms with Crippen molar-refractivity contribution in [3.05, 3.63) is 72.7 Å². The first-order valence-electron chi connectivity index (χ1n) is 10.1. The van der Waals surface area contributed by atoms with E-state index in [1.165, 1.54) is 38.2 Å². The predicted octanol–water partition coefficient (Wildman–Crippen LogP) is 6.34. The Morgan fingerprint density at radius 2 is 1.68 bits per heavy atom. The number of halogens is 1. The standard InChI is InChI=1S/C25H33FN2/c1-17(7-8-20(4)21(5)11-24(15-27)22(6)26)16-28-25-12-18(2)9-23(14-25)10-19(3)13-25/h7-8,11,18-19,23,28H,1,4-6,9-10,12-14,16H2,2-3H3/b8-7-,24-11-. The average Bonchev–Trinajstić information content (AvgIpc) is 2.60. The van der Waals surface area contributed by atoms with Gasteiger partial charge in [0.2, 0.25) is 0 Å². The third-order valence-electron chi connectivity index (χ3n) is 5.98. The van der Waals surface area contributed by atoms with E-state index in [9.17, 15) is 4.39 Å². The molecule has 0 aromatic heterocycles. The average molecular weight is 381 g/mol. The van der Waals surface area contributed by atoms with E-state index >= 15 is 0 Å². The summed E-state index contributed by atoms with van der Waals surface area (Å²) in [5, 5.41) is 12.7. The molecule has 2 fully saturated rings. The number of allylic oxidation sites excluding steroid dienone is 6. The largest absolute Gasteiger partial charge is 0.307 e. The van der Waals surface area contributed by atoms with Gasteiger partial charge in [0.1, 0.15) is 11.9 Å². The molecule has 0 spiro atoms. The lowest BCUT2D eigenvalue weighted by Crippen LogP contribution is -2.54. The maximum Gasteiger partial charge on any atom is 0.133 e. The van der Waals surface area contributed by atoms with Gasteiger partial charge in [-0.3, -0.25) is 0 Å². The van der Waals surface area contributed by atoms with Gasteiger partial charge in [-0.25, -0.2) is 4.39 Å². The van der Waals surface area contributed by atoms with Crippen LogP contribution in [0.2, 0.25) is 0 Å². The summed E-state index contributed by atoms with van der Waals surface area (Å²) in [6.45, 7) is 20.6. The second kappa shape index (κ2) is 9.34. The molecule has 3 heteroatoms. The van der Waals surface area contributed by atoms with Gasteiger partial charge in [-0.2, -0.15) is 5.26 Å². The molecule has 0 radical (unpaired) electrons. The minimum absolute atomic E-state index is 0.133. The minimum Gasteiger partial charge on any atom is -0.307 e. The van der Waals surface area contributed by atoms with Crippen molar-refractivity contribution in [2.24, 2.45) is 17.8 Å². The third kappa shape index (κ3) is 5.91. The maximum atomic E-state index is 13.1. The Balaban J connectivity index is 1.93. The van der Waals surface area contributed by atoms with Gasteiger partial charge in [-0.05, 0) is 72.7 Å². The molecule has 28 heavy (non-hydrogen) atoms. The number of fused-ring (bicyclic) bond motifs is 2. The van der Waals surface area contributed by atoms with Crippen molar-refractivity contribution in [3.8, 4) is 6.07 Å². The lowest BCUT2D eigenvalue weighted by atomic mass is 9.61. The number of nitrogens with zero attached hydrogens (tertiary/aromatic N) is 1. The van der Waals surface area contributed by atoms with E-state index < -0.39 is 5.83 Å². The summed E-state index contributed by atoms with van der Waals surface area (Å²) in [5.41, 5.74) is 2.17. The SMILES string of the molecule is C=C(/C=C\C(=C)C(=C)/C=C(/C#N)C(=C)F)CNC12CC(C)CC(CC(C)C1)C2. The molecule has 150 valence electrons. The first kappa shape index (κ1) is 22.1. The zero-order valence-electron chi connectivity index (χ0n) is 17.4. The van der Waals surface area contributed by atoms with E-state index in [1.807, 2.05) is 12.2 Å². The molecular weight excluding hydrogens is 347 g/mol. The second-order valence-electron chi connectivity index (χ2n) is 8.91. The zero-order valence-corrected chi connectivity index (χ0v) is 17.4. The molecule has 2 unspecified atom stereocenters. The van der Waals surface area contributed by atoms with Gasteiger partial charge in [0.25, 0.3) is 0 Å². The molecule has 2 aliphatic carbocycles. The molecule has 2 nitrogen and oxygen atoms in total. The second-order valence-corrected chi connectivity index (χ2v) is 8.91. The van der Waals surface area contributed by atoms with Crippen LogP contribution in [0.1, 0.15) is 46.0 Å². The van der Waals surface area contributed by atoms with Gasteiger partial charge < -0.3 is 5.32 Å². The summed E-state index contributed by atoms with van der Waals surface area (Å²) < 4.78 is 13.1. The van der Waals surface area contributed by atoms with Gasteiger partial charge in [-0.1, -0.05) is 52.3 Å². The lowest BCUT2D eigenvalue weighted by molar-refractivity contribution is 0.0579. The molecule has 0 amide bonds. The van der Waals surface area contributed by atoms with Crippen LogP contribution >= 0.6 is 0 Å². The van der Waals surface area contributed by atoms with Crippen molar-refractivity contribution < 1.29 is 4.39 Å². The van der Waals surface area contributed by atoms with Crippen molar-refractivity contribution in [2.45, 2.75) is 51.5 Å². The Kier molecular flexibility index (Phi) is 7.38. The first-order chi connectivity index (χ1) is 13.1. The molecule has 0 heterocycles. The van der Waals surface area contributed by atoms with Crippen LogP contribution in [0.25, 0.3) is 0 Å². The lowest BCUT2D eigenvalue weighted by Gasteiger charge is -2.50. The Hall–Kier alpha value is -2.18. The van der Waals surface area contributed by atoms with Crippen molar-refractivity contribution in [2.75, 3.05) is 6.54 Å². The monoisotopic (exact) mass is 380 g/mol. The normalized spacial score (nSPS) is 29.9. The van der Waals surface area contributed by atoms with E-state index in [4.69, 9.17) is 5.26 Å². The molecule has 2 atom stereocenters. The first-order valence-corrected chi connectivity index (χ1v) is 10.1. The number of rotatable bonds is 8. The molecule has 2 aliphatic rings. The fraction of sp³-hybridized carbons (Fsp3) is 0.480. The Morgan fingerprint density at radius 1 is 1.07 bits per heavy atom. The van der Waals surface area contributed by atoms with Crippen LogP contribution in [0.15, 0.2) is 72.7 Å². The molecular formula is C25H33FN2. The van der Waals surface area contributed by atoms with Crippen molar-refractivity contribution >= 4 is 0 Å². The summed E-state index contributed by atoms with van der Waals surface area (Å²) in [7, 11) is 0. The molecule has 2 rings (SSSR count). The van der Waals surface area contributed by atoms with Gasteiger partial charge in [0, 0.05) is 12.1 Å². The van der Waals surface area contributed by atoms with Crippen LogP contribution in [0.3, 0.4) is 0 Å². The number of nitrogens with one attached hydrogen (secondary N) is 1. The highest BCUT2D eigenvalue weighted by Crippen LogP contribution is 2.47. The Morgan fingerprint density at radius 3 is 2.21 bits per heavy atom. The Labute approximate surface area is 169 Å². The van der Waals surface area contributed by atoms with E-state index in [0.717, 1.165) is 29.9 Å². The fourth-order valence-electron chi connectivity index (χ4n) is 5.04. The van der Waals surface area contributed by atoms with Crippen molar-refractivity contribution in [1.29, 1.82) is 5.26 Å². The fourth-order valence-corrected chi connectivity index (χ4v) is 5.04. The molecule has 1 N–H and O–H groups in total. The topological polar surface area (TPSA) is 35.8 Å².